The third kappa shape index (κ3) is 4.59. The molecule has 1 N–H and O–H groups in total. The molecule has 4 nitrogen and oxygen atoms in total. The van der Waals surface area contributed by atoms with Crippen LogP contribution in [0.25, 0.3) is 0 Å². The topological polar surface area (TPSA) is 49.4 Å². The molecule has 1 aromatic carbocycles. The Bertz CT molecular complexity index is 577. The van der Waals surface area contributed by atoms with Gasteiger partial charge in [0.25, 0.3) is 5.91 Å². The van der Waals surface area contributed by atoms with Gasteiger partial charge in [-0.1, -0.05) is 32.9 Å². The highest BCUT2D eigenvalue weighted by Gasteiger charge is 2.28. The first-order valence-corrected chi connectivity index (χ1v) is 8.88. The van der Waals surface area contributed by atoms with Gasteiger partial charge in [-0.15, -0.1) is 0 Å². The molecule has 0 radical (unpaired) electrons. The SMILES string of the molecule is CC(C)NC(=O)C1CCN(C(=O)c2ccc(C(C)(C)C)cc2)CC1. The molecule has 2 rings (SSSR count). The van der Waals surface area contributed by atoms with Crippen molar-refractivity contribution in [1.82, 2.24) is 10.2 Å². The van der Waals surface area contributed by atoms with Crippen molar-refractivity contribution in [1.29, 1.82) is 0 Å². The molecule has 0 aromatic heterocycles. The number of carbonyl (C=O) groups is 2. The van der Waals surface area contributed by atoms with Crippen LogP contribution in [0.3, 0.4) is 0 Å². The van der Waals surface area contributed by atoms with Gasteiger partial charge < -0.3 is 10.2 Å². The minimum absolute atomic E-state index is 0.0275. The summed E-state index contributed by atoms with van der Waals surface area (Å²) in [6.45, 7) is 11.7. The monoisotopic (exact) mass is 330 g/mol. The predicted molar refractivity (Wildman–Crippen MR) is 97.0 cm³/mol. The molecule has 1 fully saturated rings. The van der Waals surface area contributed by atoms with Crippen molar-refractivity contribution in [2.24, 2.45) is 5.92 Å². The lowest BCUT2D eigenvalue weighted by Crippen LogP contribution is -2.44. The van der Waals surface area contributed by atoms with E-state index in [1.165, 1.54) is 5.56 Å². The van der Waals surface area contributed by atoms with Gasteiger partial charge in [-0.25, -0.2) is 0 Å². The van der Waals surface area contributed by atoms with Gasteiger partial charge >= 0.3 is 0 Å². The van der Waals surface area contributed by atoms with Crippen molar-refractivity contribution in [3.8, 4) is 0 Å². The molecule has 1 saturated heterocycles. The highest BCUT2D eigenvalue weighted by atomic mass is 16.2. The summed E-state index contributed by atoms with van der Waals surface area (Å²) in [6.07, 6.45) is 1.48. The Hall–Kier alpha value is -1.84. The number of hydrogen-bond donors (Lipinski definition) is 1. The van der Waals surface area contributed by atoms with E-state index in [1.54, 1.807) is 0 Å². The standard InChI is InChI=1S/C20H30N2O2/c1-14(2)21-18(23)15-10-12-22(13-11-15)19(24)16-6-8-17(9-7-16)20(3,4)5/h6-9,14-15H,10-13H2,1-5H3,(H,21,23). The number of nitrogens with zero attached hydrogens (tertiary/aromatic N) is 1. The fourth-order valence-corrected chi connectivity index (χ4v) is 3.04. The number of amides is 2. The van der Waals surface area contributed by atoms with Gasteiger partial charge in [0.1, 0.15) is 0 Å². The fourth-order valence-electron chi connectivity index (χ4n) is 3.04. The second kappa shape index (κ2) is 7.37. The molecular weight excluding hydrogens is 300 g/mol. The molecule has 0 saturated carbocycles. The zero-order valence-electron chi connectivity index (χ0n) is 15.6. The van der Waals surface area contributed by atoms with Crippen LogP contribution in [-0.2, 0) is 10.2 Å². The maximum Gasteiger partial charge on any atom is 0.253 e. The first-order chi connectivity index (χ1) is 11.2. The number of piperidine rings is 1. The van der Waals surface area contributed by atoms with Gasteiger partial charge in [-0.2, -0.15) is 0 Å². The molecule has 132 valence electrons. The van der Waals surface area contributed by atoms with Crippen LogP contribution >= 0.6 is 0 Å². The van der Waals surface area contributed by atoms with Crippen molar-refractivity contribution in [3.05, 3.63) is 35.4 Å². The third-order valence-corrected chi connectivity index (χ3v) is 4.58. The second-order valence-electron chi connectivity index (χ2n) is 8.06. The summed E-state index contributed by atoms with van der Waals surface area (Å²) in [4.78, 5) is 26.6. The molecule has 24 heavy (non-hydrogen) atoms. The Morgan fingerprint density at radius 3 is 2.08 bits per heavy atom. The van der Waals surface area contributed by atoms with Crippen LogP contribution in [0.4, 0.5) is 0 Å². The van der Waals surface area contributed by atoms with E-state index in [9.17, 15) is 9.59 Å². The lowest BCUT2D eigenvalue weighted by Gasteiger charge is -2.32. The van der Waals surface area contributed by atoms with Crippen LogP contribution in [0.2, 0.25) is 0 Å². The maximum absolute atomic E-state index is 12.6. The Morgan fingerprint density at radius 2 is 1.62 bits per heavy atom. The fraction of sp³-hybridized carbons (Fsp3) is 0.600. The van der Waals surface area contributed by atoms with Crippen molar-refractivity contribution < 1.29 is 9.59 Å². The molecule has 1 aromatic rings. The van der Waals surface area contributed by atoms with E-state index < -0.39 is 0 Å². The molecule has 0 aliphatic carbocycles. The van der Waals surface area contributed by atoms with Gasteiger partial charge in [0.05, 0.1) is 0 Å². The Balaban J connectivity index is 1.94. The highest BCUT2D eigenvalue weighted by molar-refractivity contribution is 5.94. The predicted octanol–water partition coefficient (Wildman–Crippen LogP) is 3.36. The minimum atomic E-state index is 0.0275. The van der Waals surface area contributed by atoms with Crippen molar-refractivity contribution in [2.75, 3.05) is 13.1 Å². The second-order valence-corrected chi connectivity index (χ2v) is 8.06. The summed E-state index contributed by atoms with van der Waals surface area (Å²) < 4.78 is 0. The van der Waals surface area contributed by atoms with E-state index in [0.717, 1.165) is 18.4 Å². The Kier molecular flexibility index (Phi) is 5.68. The smallest absolute Gasteiger partial charge is 0.253 e. The van der Waals surface area contributed by atoms with Gasteiger partial charge in [-0.05, 0) is 49.8 Å². The number of nitrogens with one attached hydrogen (secondary N) is 1. The minimum Gasteiger partial charge on any atom is -0.354 e. The van der Waals surface area contributed by atoms with Crippen LogP contribution in [-0.4, -0.2) is 35.8 Å². The average Bonchev–Trinajstić information content (AvgIpc) is 2.53. The first kappa shape index (κ1) is 18.5. The van der Waals surface area contributed by atoms with E-state index in [4.69, 9.17) is 0 Å². The number of carbonyl (C=O) groups excluding carboxylic acids is 2. The van der Waals surface area contributed by atoms with Crippen LogP contribution in [0.1, 0.15) is 63.4 Å². The normalized spacial score (nSPS) is 16.3. The van der Waals surface area contributed by atoms with Crippen molar-refractivity contribution >= 4 is 11.8 Å². The maximum atomic E-state index is 12.6. The molecule has 0 spiro atoms. The van der Waals surface area contributed by atoms with Crippen molar-refractivity contribution in [2.45, 2.75) is 58.9 Å². The zero-order valence-corrected chi connectivity index (χ0v) is 15.6. The average molecular weight is 330 g/mol. The molecular formula is C20H30N2O2. The molecule has 0 unspecified atom stereocenters. The summed E-state index contributed by atoms with van der Waals surface area (Å²) in [7, 11) is 0. The number of benzene rings is 1. The van der Waals surface area contributed by atoms with Crippen LogP contribution in [0, 0.1) is 5.92 Å². The van der Waals surface area contributed by atoms with E-state index in [-0.39, 0.29) is 29.2 Å². The Morgan fingerprint density at radius 1 is 1.08 bits per heavy atom. The van der Waals surface area contributed by atoms with E-state index in [1.807, 2.05) is 43.0 Å². The number of likely N-dealkylation sites (tertiary alicyclic amines) is 1. The van der Waals surface area contributed by atoms with Gasteiger partial charge in [0.15, 0.2) is 0 Å². The van der Waals surface area contributed by atoms with Crippen molar-refractivity contribution in [3.63, 3.8) is 0 Å². The summed E-state index contributed by atoms with van der Waals surface area (Å²) in [5.41, 5.74) is 2.04. The van der Waals surface area contributed by atoms with Gasteiger partial charge in [-0.3, -0.25) is 9.59 Å². The molecule has 0 atom stereocenters. The third-order valence-electron chi connectivity index (χ3n) is 4.58. The summed E-state index contributed by atoms with van der Waals surface area (Å²) >= 11 is 0. The highest BCUT2D eigenvalue weighted by Crippen LogP contribution is 2.24. The van der Waals surface area contributed by atoms with Crippen LogP contribution in [0.15, 0.2) is 24.3 Å². The first-order valence-electron chi connectivity index (χ1n) is 8.88. The van der Waals surface area contributed by atoms with Crippen LogP contribution in [0.5, 0.6) is 0 Å². The molecule has 1 heterocycles. The summed E-state index contributed by atoms with van der Waals surface area (Å²) in [5.74, 6) is 0.213. The molecule has 2 amide bonds. The van der Waals surface area contributed by atoms with Gasteiger partial charge in [0.2, 0.25) is 5.91 Å². The molecule has 0 bridgehead atoms. The molecule has 1 aliphatic rings. The van der Waals surface area contributed by atoms with Gasteiger partial charge in [0, 0.05) is 30.6 Å². The van der Waals surface area contributed by atoms with Crippen LogP contribution < -0.4 is 5.32 Å². The van der Waals surface area contributed by atoms with E-state index in [2.05, 4.69) is 26.1 Å². The zero-order chi connectivity index (χ0) is 17.9. The summed E-state index contributed by atoms with van der Waals surface area (Å²) in [5, 5.41) is 2.97. The largest absolute Gasteiger partial charge is 0.354 e. The quantitative estimate of drug-likeness (QED) is 0.924. The lowest BCUT2D eigenvalue weighted by molar-refractivity contribution is -0.126. The Labute approximate surface area is 145 Å². The summed E-state index contributed by atoms with van der Waals surface area (Å²) in [6, 6.07) is 8.08. The lowest BCUT2D eigenvalue weighted by atomic mass is 9.86. The number of hydrogen-bond acceptors (Lipinski definition) is 2. The van der Waals surface area contributed by atoms with E-state index in [0.29, 0.717) is 13.1 Å². The van der Waals surface area contributed by atoms with E-state index >= 15 is 0 Å². The number of rotatable bonds is 3. The molecule has 1 aliphatic heterocycles. The molecule has 4 heteroatoms.